The van der Waals surface area contributed by atoms with E-state index in [1.165, 1.54) is 19.3 Å². The van der Waals surface area contributed by atoms with Crippen molar-refractivity contribution in [1.82, 2.24) is 10.7 Å². The summed E-state index contributed by atoms with van der Waals surface area (Å²) in [5.74, 6) is 0. The molecule has 0 aromatic heterocycles. The monoisotopic (exact) mass is 351 g/mol. The van der Waals surface area contributed by atoms with Gasteiger partial charge in [0.1, 0.15) is 0 Å². The van der Waals surface area contributed by atoms with Crippen molar-refractivity contribution in [3.63, 3.8) is 0 Å². The molecule has 0 radical (unpaired) electrons. The molecular weight excluding hydrogens is 337 g/mol. The molecule has 0 heterocycles. The van der Waals surface area contributed by atoms with Gasteiger partial charge in [0, 0.05) is 11.1 Å². The van der Waals surface area contributed by atoms with Crippen molar-refractivity contribution in [3.05, 3.63) is 27.2 Å². The van der Waals surface area contributed by atoms with Gasteiger partial charge < -0.3 is 5.32 Å². The van der Waals surface area contributed by atoms with Crippen LogP contribution in [0.5, 0.6) is 0 Å². The second kappa shape index (κ2) is 7.55. The number of nitrogens with one attached hydrogen (secondary N) is 3. The van der Waals surface area contributed by atoms with E-state index in [0.29, 0.717) is 31.9 Å². The fraction of sp³-hybridized carbons (Fsp3) is 0.462. The number of thiocarbonyl (C=S) groups is 1. The van der Waals surface area contributed by atoms with Gasteiger partial charge in [0.05, 0.1) is 15.7 Å². The SMILES string of the molecule is S=C(NNc1c(Cl)cc(Cl)cc1Cl)NC1CCCCC1. The normalized spacial score (nSPS) is 15.8. The van der Waals surface area contributed by atoms with Crippen molar-refractivity contribution in [2.45, 2.75) is 38.1 Å². The van der Waals surface area contributed by atoms with Crippen LogP contribution in [0.3, 0.4) is 0 Å². The Labute approximate surface area is 139 Å². The minimum atomic E-state index is 0.440. The van der Waals surface area contributed by atoms with Gasteiger partial charge in [0.2, 0.25) is 0 Å². The summed E-state index contributed by atoms with van der Waals surface area (Å²) in [7, 11) is 0. The second-order valence-electron chi connectivity index (χ2n) is 4.80. The molecule has 2 rings (SSSR count). The zero-order valence-corrected chi connectivity index (χ0v) is 13.9. The molecule has 1 aliphatic rings. The summed E-state index contributed by atoms with van der Waals surface area (Å²) in [5, 5.41) is 5.20. The van der Waals surface area contributed by atoms with E-state index in [1.54, 1.807) is 12.1 Å². The Kier molecular flexibility index (Phi) is 6.02. The van der Waals surface area contributed by atoms with Crippen molar-refractivity contribution in [2.75, 3.05) is 5.43 Å². The van der Waals surface area contributed by atoms with E-state index in [-0.39, 0.29) is 0 Å². The quantitative estimate of drug-likeness (QED) is 0.541. The highest BCUT2D eigenvalue weighted by Crippen LogP contribution is 2.33. The largest absolute Gasteiger partial charge is 0.359 e. The predicted molar refractivity (Wildman–Crippen MR) is 90.8 cm³/mol. The number of anilines is 1. The van der Waals surface area contributed by atoms with E-state index in [1.807, 2.05) is 0 Å². The van der Waals surface area contributed by atoms with Gasteiger partial charge in [-0.2, -0.15) is 0 Å². The Hall–Kier alpha value is -0.420. The number of hydrogen-bond donors (Lipinski definition) is 3. The first-order chi connectivity index (χ1) is 9.56. The maximum atomic E-state index is 6.08. The van der Waals surface area contributed by atoms with Crippen LogP contribution < -0.4 is 16.2 Å². The minimum absolute atomic E-state index is 0.440. The highest BCUT2D eigenvalue weighted by atomic mass is 35.5. The van der Waals surface area contributed by atoms with Crippen LogP contribution in [0.15, 0.2) is 12.1 Å². The molecule has 3 N–H and O–H groups in total. The molecule has 7 heteroatoms. The number of hydrazine groups is 1. The summed E-state index contributed by atoms with van der Waals surface area (Å²) in [6.45, 7) is 0. The molecule has 1 aromatic rings. The molecule has 0 amide bonds. The van der Waals surface area contributed by atoms with Crippen LogP contribution in [-0.4, -0.2) is 11.2 Å². The third kappa shape index (κ3) is 4.55. The molecule has 0 spiro atoms. The van der Waals surface area contributed by atoms with Crippen LogP contribution in [-0.2, 0) is 0 Å². The molecule has 110 valence electrons. The Morgan fingerprint density at radius 2 is 1.65 bits per heavy atom. The van der Waals surface area contributed by atoms with Crippen LogP contribution in [0.1, 0.15) is 32.1 Å². The lowest BCUT2D eigenvalue weighted by atomic mass is 9.96. The minimum Gasteiger partial charge on any atom is -0.359 e. The van der Waals surface area contributed by atoms with Gasteiger partial charge in [0.15, 0.2) is 5.11 Å². The third-order valence-corrected chi connectivity index (χ3v) is 4.28. The summed E-state index contributed by atoms with van der Waals surface area (Å²) in [6, 6.07) is 3.69. The van der Waals surface area contributed by atoms with E-state index in [2.05, 4.69) is 16.2 Å². The van der Waals surface area contributed by atoms with E-state index in [4.69, 9.17) is 47.0 Å². The van der Waals surface area contributed by atoms with Crippen molar-refractivity contribution < 1.29 is 0 Å². The molecule has 0 bridgehead atoms. The van der Waals surface area contributed by atoms with Crippen LogP contribution in [0.2, 0.25) is 15.1 Å². The number of halogens is 3. The standard InChI is InChI=1S/C13H16Cl3N3S/c14-8-6-10(15)12(11(16)7-8)18-19-13(20)17-9-4-2-1-3-5-9/h6-7,9,18H,1-5H2,(H2,17,19,20). The van der Waals surface area contributed by atoms with E-state index in [9.17, 15) is 0 Å². The first-order valence-electron chi connectivity index (χ1n) is 6.53. The van der Waals surface area contributed by atoms with Gasteiger partial charge in [0.25, 0.3) is 0 Å². The molecule has 1 aliphatic carbocycles. The van der Waals surface area contributed by atoms with E-state index in [0.717, 1.165) is 12.8 Å². The van der Waals surface area contributed by atoms with Crippen molar-refractivity contribution in [1.29, 1.82) is 0 Å². The van der Waals surface area contributed by atoms with Crippen LogP contribution in [0.25, 0.3) is 0 Å². The average molecular weight is 353 g/mol. The Morgan fingerprint density at radius 3 is 2.25 bits per heavy atom. The summed E-state index contributed by atoms with van der Waals surface area (Å²) < 4.78 is 0. The van der Waals surface area contributed by atoms with Gasteiger partial charge in [-0.15, -0.1) is 0 Å². The summed E-state index contributed by atoms with van der Waals surface area (Å²) in [6.07, 6.45) is 6.13. The van der Waals surface area contributed by atoms with E-state index < -0.39 is 0 Å². The number of rotatable bonds is 3. The van der Waals surface area contributed by atoms with Gasteiger partial charge in [-0.1, -0.05) is 54.1 Å². The van der Waals surface area contributed by atoms with Crippen LogP contribution in [0.4, 0.5) is 5.69 Å². The summed E-state index contributed by atoms with van der Waals surface area (Å²) in [5.41, 5.74) is 6.39. The topological polar surface area (TPSA) is 36.1 Å². The molecule has 1 saturated carbocycles. The molecule has 3 nitrogen and oxygen atoms in total. The van der Waals surface area contributed by atoms with Crippen molar-refractivity contribution >= 4 is 57.8 Å². The smallest absolute Gasteiger partial charge is 0.185 e. The second-order valence-corrected chi connectivity index (χ2v) is 6.46. The summed E-state index contributed by atoms with van der Waals surface area (Å²) >= 11 is 23.3. The highest BCUT2D eigenvalue weighted by molar-refractivity contribution is 7.80. The van der Waals surface area contributed by atoms with E-state index >= 15 is 0 Å². The molecule has 0 saturated heterocycles. The van der Waals surface area contributed by atoms with Crippen LogP contribution >= 0.6 is 47.0 Å². The maximum Gasteiger partial charge on any atom is 0.185 e. The molecule has 20 heavy (non-hydrogen) atoms. The highest BCUT2D eigenvalue weighted by Gasteiger charge is 2.14. The number of benzene rings is 1. The van der Waals surface area contributed by atoms with Crippen molar-refractivity contribution in [2.24, 2.45) is 0 Å². The van der Waals surface area contributed by atoms with Gasteiger partial charge in [-0.05, 0) is 37.2 Å². The molecule has 0 aliphatic heterocycles. The first-order valence-corrected chi connectivity index (χ1v) is 8.07. The van der Waals surface area contributed by atoms with Crippen LogP contribution in [0, 0.1) is 0 Å². The lowest BCUT2D eigenvalue weighted by Gasteiger charge is -2.24. The fourth-order valence-corrected chi connectivity index (χ4v) is 3.38. The molecule has 0 atom stereocenters. The molecular formula is C13H16Cl3N3S. The molecule has 1 fully saturated rings. The van der Waals surface area contributed by atoms with Crippen molar-refractivity contribution in [3.8, 4) is 0 Å². The molecule has 0 unspecified atom stereocenters. The fourth-order valence-electron chi connectivity index (χ4n) is 2.25. The lowest BCUT2D eigenvalue weighted by molar-refractivity contribution is 0.412. The van der Waals surface area contributed by atoms with Gasteiger partial charge >= 0.3 is 0 Å². The van der Waals surface area contributed by atoms with Gasteiger partial charge in [-0.25, -0.2) is 0 Å². The van der Waals surface area contributed by atoms with Gasteiger partial charge in [-0.3, -0.25) is 10.9 Å². The average Bonchev–Trinajstić information content (AvgIpc) is 2.38. The molecule has 1 aromatic carbocycles. The lowest BCUT2D eigenvalue weighted by Crippen LogP contribution is -2.44. The Bertz CT molecular complexity index is 467. The Balaban J connectivity index is 1.87. The summed E-state index contributed by atoms with van der Waals surface area (Å²) in [4.78, 5) is 0. The zero-order chi connectivity index (χ0) is 14.5. The number of hydrogen-bond acceptors (Lipinski definition) is 2. The third-order valence-electron chi connectivity index (χ3n) is 3.25. The zero-order valence-electron chi connectivity index (χ0n) is 10.8. The predicted octanol–water partition coefficient (Wildman–Crippen LogP) is 4.77. The Morgan fingerprint density at radius 1 is 1.05 bits per heavy atom. The first kappa shape index (κ1) is 16.0. The maximum absolute atomic E-state index is 6.08.